The molecular formula is C23H34IN5Si. The van der Waals surface area contributed by atoms with Crippen molar-refractivity contribution in [2.24, 2.45) is 5.92 Å². The minimum Gasteiger partial charge on any atom is -0.269 e. The quantitative estimate of drug-likeness (QED) is 0.275. The molecule has 30 heavy (non-hydrogen) atoms. The van der Waals surface area contributed by atoms with Crippen molar-refractivity contribution >= 4 is 36.3 Å². The lowest BCUT2D eigenvalue weighted by Gasteiger charge is -2.41. The van der Waals surface area contributed by atoms with Gasteiger partial charge in [-0.25, -0.2) is 9.50 Å². The molecule has 0 radical (unpaired) electrons. The van der Waals surface area contributed by atoms with E-state index in [9.17, 15) is 0 Å². The van der Waals surface area contributed by atoms with Gasteiger partial charge in [0.15, 0.2) is 5.65 Å². The molecule has 162 valence electrons. The molecule has 0 aromatic carbocycles. The number of halogens is 1. The number of rotatable bonds is 4. The van der Waals surface area contributed by atoms with Gasteiger partial charge >= 0.3 is 0 Å². The Morgan fingerprint density at radius 3 is 2.50 bits per heavy atom. The largest absolute Gasteiger partial charge is 0.269 e. The second kappa shape index (κ2) is 8.04. The average Bonchev–Trinajstić information content (AvgIpc) is 3.28. The SMILES string of the molecule is Cc1nn2c(I)cnc2cc1-c1cnn([C@H]2CC[C@H](C[Si](C)(C)C(C)(C)C)CC2)c1. The summed E-state index contributed by atoms with van der Waals surface area (Å²) in [4.78, 5) is 4.47. The zero-order chi connectivity index (χ0) is 21.7. The monoisotopic (exact) mass is 535 g/mol. The van der Waals surface area contributed by atoms with Crippen molar-refractivity contribution < 1.29 is 0 Å². The summed E-state index contributed by atoms with van der Waals surface area (Å²) < 4.78 is 5.13. The zero-order valence-electron chi connectivity index (χ0n) is 19.1. The van der Waals surface area contributed by atoms with E-state index in [-0.39, 0.29) is 0 Å². The Morgan fingerprint density at radius 2 is 1.83 bits per heavy atom. The molecule has 3 heterocycles. The first-order valence-electron chi connectivity index (χ1n) is 11.1. The summed E-state index contributed by atoms with van der Waals surface area (Å²) in [5, 5.41) is 9.95. The Bertz CT molecular complexity index is 1040. The fourth-order valence-electron chi connectivity index (χ4n) is 4.58. The van der Waals surface area contributed by atoms with Crippen molar-refractivity contribution in [3.05, 3.63) is 34.1 Å². The fourth-order valence-corrected chi connectivity index (χ4v) is 7.54. The van der Waals surface area contributed by atoms with E-state index in [1.54, 1.807) is 0 Å². The molecule has 0 atom stereocenters. The molecule has 0 spiro atoms. The molecule has 1 aliphatic rings. The van der Waals surface area contributed by atoms with Gasteiger partial charge in [0.2, 0.25) is 0 Å². The van der Waals surface area contributed by atoms with E-state index in [0.717, 1.165) is 32.1 Å². The highest BCUT2D eigenvalue weighted by Gasteiger charge is 2.38. The minimum absolute atomic E-state index is 0.487. The Hall–Kier alpha value is -1.22. The van der Waals surface area contributed by atoms with Crippen LogP contribution in [0.15, 0.2) is 24.7 Å². The first kappa shape index (κ1) is 22.0. The molecule has 0 amide bonds. The highest BCUT2D eigenvalue weighted by atomic mass is 127. The molecule has 0 saturated heterocycles. The van der Waals surface area contributed by atoms with Crippen LogP contribution < -0.4 is 0 Å². The highest BCUT2D eigenvalue weighted by Crippen LogP contribution is 2.44. The molecule has 5 nitrogen and oxygen atoms in total. The van der Waals surface area contributed by atoms with Gasteiger partial charge in [-0.1, -0.05) is 39.9 Å². The second-order valence-electron chi connectivity index (χ2n) is 10.7. The number of imidazole rings is 1. The summed E-state index contributed by atoms with van der Waals surface area (Å²) in [6, 6.07) is 4.11. The summed E-state index contributed by atoms with van der Waals surface area (Å²) in [5.41, 5.74) is 4.17. The molecule has 3 aromatic heterocycles. The molecule has 3 aromatic rings. The van der Waals surface area contributed by atoms with Gasteiger partial charge in [0.25, 0.3) is 0 Å². The Morgan fingerprint density at radius 1 is 1.13 bits per heavy atom. The van der Waals surface area contributed by atoms with Gasteiger partial charge in [0.1, 0.15) is 3.70 Å². The number of nitrogens with zero attached hydrogens (tertiary/aromatic N) is 5. The van der Waals surface area contributed by atoms with Crippen molar-refractivity contribution in [1.82, 2.24) is 24.4 Å². The third-order valence-electron chi connectivity index (χ3n) is 7.57. The van der Waals surface area contributed by atoms with Crippen molar-refractivity contribution in [2.75, 3.05) is 0 Å². The van der Waals surface area contributed by atoms with Crippen LogP contribution in [0.2, 0.25) is 24.2 Å². The molecule has 4 rings (SSSR count). The lowest BCUT2D eigenvalue weighted by atomic mass is 9.87. The average molecular weight is 536 g/mol. The van der Waals surface area contributed by atoms with Crippen molar-refractivity contribution in [2.45, 2.75) is 83.6 Å². The summed E-state index contributed by atoms with van der Waals surface area (Å²) in [6.45, 7) is 14.5. The normalized spacial score (nSPS) is 20.8. The molecule has 7 heteroatoms. The van der Waals surface area contributed by atoms with Gasteiger partial charge in [-0.15, -0.1) is 0 Å². The third-order valence-corrected chi connectivity index (χ3v) is 14.0. The molecule has 1 saturated carbocycles. The molecule has 1 aliphatic carbocycles. The number of fused-ring (bicyclic) bond motifs is 1. The van der Waals surface area contributed by atoms with E-state index in [4.69, 9.17) is 10.2 Å². The lowest BCUT2D eigenvalue weighted by Crippen LogP contribution is -2.39. The lowest BCUT2D eigenvalue weighted by molar-refractivity contribution is 0.271. The molecule has 0 unspecified atom stereocenters. The van der Waals surface area contributed by atoms with Crippen LogP contribution in [0.4, 0.5) is 0 Å². The van der Waals surface area contributed by atoms with Crippen molar-refractivity contribution in [3.63, 3.8) is 0 Å². The standard InChI is InChI=1S/C23H34IN5Si/c1-16-20(11-22-25-13-21(24)29(22)27-16)18-12-26-28(14-18)19-9-7-17(8-10-19)15-30(5,6)23(2,3)4/h11-14,17,19H,7-10,15H2,1-6H3/t17-,19-. The maximum Gasteiger partial charge on any atom is 0.155 e. The van der Waals surface area contributed by atoms with E-state index in [0.29, 0.717) is 11.1 Å². The van der Waals surface area contributed by atoms with E-state index in [2.05, 4.69) is 85.3 Å². The van der Waals surface area contributed by atoms with E-state index in [1.807, 2.05) is 16.9 Å². The van der Waals surface area contributed by atoms with Crippen LogP contribution in [0.3, 0.4) is 0 Å². The van der Waals surface area contributed by atoms with Crippen molar-refractivity contribution in [1.29, 1.82) is 0 Å². The van der Waals surface area contributed by atoms with Crippen LogP contribution in [0.5, 0.6) is 0 Å². The number of aryl methyl sites for hydroxylation is 1. The molecule has 1 fully saturated rings. The van der Waals surface area contributed by atoms with E-state index < -0.39 is 8.07 Å². The van der Waals surface area contributed by atoms with Crippen LogP contribution in [-0.4, -0.2) is 32.5 Å². The maximum atomic E-state index is 4.75. The number of hydrogen-bond donors (Lipinski definition) is 0. The summed E-state index contributed by atoms with van der Waals surface area (Å²) in [5.74, 6) is 0.897. The summed E-state index contributed by atoms with van der Waals surface area (Å²) >= 11 is 2.27. The minimum atomic E-state index is -1.20. The van der Waals surface area contributed by atoms with Crippen LogP contribution in [0, 0.1) is 16.5 Å². The first-order chi connectivity index (χ1) is 14.0. The molecule has 0 aliphatic heterocycles. The maximum absolute atomic E-state index is 4.75. The number of aromatic nitrogens is 5. The Labute approximate surface area is 194 Å². The third kappa shape index (κ3) is 4.24. The number of hydrogen-bond acceptors (Lipinski definition) is 3. The predicted molar refractivity (Wildman–Crippen MR) is 135 cm³/mol. The van der Waals surface area contributed by atoms with Gasteiger partial charge < -0.3 is 0 Å². The van der Waals surface area contributed by atoms with Gasteiger partial charge in [-0.05, 0) is 72.2 Å². The summed E-state index contributed by atoms with van der Waals surface area (Å²) in [7, 11) is -1.20. The van der Waals surface area contributed by atoms with Gasteiger partial charge in [0, 0.05) is 17.3 Å². The fraction of sp³-hybridized carbons (Fsp3) is 0.609. The van der Waals surface area contributed by atoms with Crippen LogP contribution in [0.1, 0.15) is 58.2 Å². The van der Waals surface area contributed by atoms with Crippen LogP contribution in [-0.2, 0) is 0 Å². The molecular weight excluding hydrogens is 501 g/mol. The Kier molecular flexibility index (Phi) is 5.89. The predicted octanol–water partition coefficient (Wildman–Crippen LogP) is 6.75. The van der Waals surface area contributed by atoms with E-state index in [1.165, 1.54) is 31.7 Å². The van der Waals surface area contributed by atoms with Gasteiger partial charge in [0.05, 0.1) is 32.2 Å². The topological polar surface area (TPSA) is 48.0 Å². The summed E-state index contributed by atoms with van der Waals surface area (Å²) in [6.07, 6.45) is 11.2. The Balaban J connectivity index is 1.45. The first-order valence-corrected chi connectivity index (χ1v) is 15.4. The smallest absolute Gasteiger partial charge is 0.155 e. The molecule has 0 bridgehead atoms. The zero-order valence-corrected chi connectivity index (χ0v) is 22.3. The van der Waals surface area contributed by atoms with Crippen LogP contribution in [0.25, 0.3) is 16.8 Å². The van der Waals surface area contributed by atoms with E-state index >= 15 is 0 Å². The van der Waals surface area contributed by atoms with Gasteiger partial charge in [-0.3, -0.25) is 4.68 Å². The van der Waals surface area contributed by atoms with Crippen LogP contribution >= 0.6 is 22.6 Å². The highest BCUT2D eigenvalue weighted by molar-refractivity contribution is 14.1. The second-order valence-corrected chi connectivity index (χ2v) is 17.5. The molecule has 0 N–H and O–H groups in total. The van der Waals surface area contributed by atoms with Gasteiger partial charge in [-0.2, -0.15) is 10.2 Å². The van der Waals surface area contributed by atoms with Crippen molar-refractivity contribution in [3.8, 4) is 11.1 Å².